The first-order valence-electron chi connectivity index (χ1n) is 13.6. The Kier molecular flexibility index (Phi) is 5.84. The molecule has 0 saturated carbocycles. The zero-order chi connectivity index (χ0) is 26.6. The molecular formula is C28H31N9O2. The maximum Gasteiger partial charge on any atom is 0.125 e. The number of hydrogen-bond donors (Lipinski definition) is 1. The molecule has 0 bridgehead atoms. The maximum absolute atomic E-state index is 11.5. The molecule has 7 rings (SSSR count). The van der Waals surface area contributed by atoms with Crippen molar-refractivity contribution in [3.63, 3.8) is 0 Å². The van der Waals surface area contributed by atoms with Crippen molar-refractivity contribution in [1.29, 1.82) is 5.26 Å². The first-order chi connectivity index (χ1) is 19.0. The fourth-order valence-electron chi connectivity index (χ4n) is 6.28. The number of anilines is 1. The summed E-state index contributed by atoms with van der Waals surface area (Å²) in [5.74, 6) is 0. The molecule has 3 saturated heterocycles. The summed E-state index contributed by atoms with van der Waals surface area (Å²) in [6.07, 6.45) is 7.83. The minimum absolute atomic E-state index is 0.313. The van der Waals surface area contributed by atoms with Crippen molar-refractivity contribution in [2.45, 2.75) is 43.9 Å². The van der Waals surface area contributed by atoms with Gasteiger partial charge in [-0.3, -0.25) is 9.88 Å². The number of aliphatic hydroxyl groups is 1. The van der Waals surface area contributed by atoms with E-state index in [1.54, 1.807) is 16.9 Å². The van der Waals surface area contributed by atoms with Crippen molar-refractivity contribution in [2.24, 2.45) is 0 Å². The largest absolute Gasteiger partial charge is 0.382 e. The van der Waals surface area contributed by atoms with E-state index in [4.69, 9.17) is 4.74 Å². The van der Waals surface area contributed by atoms with E-state index in [-0.39, 0.29) is 0 Å². The molecule has 11 heteroatoms. The number of ether oxygens (including phenoxy) is 1. The van der Waals surface area contributed by atoms with Crippen LogP contribution in [-0.2, 0) is 10.3 Å². The van der Waals surface area contributed by atoms with E-state index in [0.29, 0.717) is 42.9 Å². The Hall–Kier alpha value is -3.85. The van der Waals surface area contributed by atoms with Gasteiger partial charge in [0.15, 0.2) is 0 Å². The second-order valence-electron chi connectivity index (χ2n) is 10.9. The van der Waals surface area contributed by atoms with Gasteiger partial charge < -0.3 is 14.7 Å². The van der Waals surface area contributed by atoms with Gasteiger partial charge in [-0.25, -0.2) is 9.20 Å². The fraction of sp³-hybridized carbons (Fsp3) is 0.464. The van der Waals surface area contributed by atoms with Crippen LogP contribution in [0.15, 0.2) is 42.9 Å². The highest BCUT2D eigenvalue weighted by molar-refractivity contribution is 5.83. The number of nitriles is 1. The predicted molar refractivity (Wildman–Crippen MR) is 143 cm³/mol. The summed E-state index contributed by atoms with van der Waals surface area (Å²) in [6, 6.07) is 10.8. The molecule has 200 valence electrons. The summed E-state index contributed by atoms with van der Waals surface area (Å²) in [7, 11) is 0. The molecule has 4 aromatic heterocycles. The van der Waals surface area contributed by atoms with E-state index in [2.05, 4.69) is 53.9 Å². The lowest BCUT2D eigenvalue weighted by atomic mass is 9.98. The Labute approximate surface area is 226 Å². The van der Waals surface area contributed by atoms with Crippen molar-refractivity contribution < 1.29 is 9.84 Å². The number of rotatable bonds is 5. The molecule has 1 N–H and O–H groups in total. The van der Waals surface area contributed by atoms with Gasteiger partial charge in [0.05, 0.1) is 60.7 Å². The lowest BCUT2D eigenvalue weighted by Crippen LogP contribution is -2.52. The SMILES string of the molecule is Cc1c(-c2cc(N3CC[C@@](O)(c4ccccn4)C3)c3c(C#N)cnn3c2)nnn1C1CCN(C2COC2)CC1. The molecule has 3 aliphatic heterocycles. The number of piperidine rings is 1. The first-order valence-corrected chi connectivity index (χ1v) is 13.6. The Balaban J connectivity index is 1.21. The van der Waals surface area contributed by atoms with Crippen LogP contribution in [-0.4, -0.2) is 85.0 Å². The molecule has 4 aromatic rings. The minimum Gasteiger partial charge on any atom is -0.382 e. The van der Waals surface area contributed by atoms with Crippen LogP contribution in [0.4, 0.5) is 5.69 Å². The molecule has 39 heavy (non-hydrogen) atoms. The number of aromatic nitrogens is 6. The van der Waals surface area contributed by atoms with E-state index in [0.717, 1.165) is 67.3 Å². The van der Waals surface area contributed by atoms with Crippen LogP contribution in [0, 0.1) is 18.3 Å². The second kappa shape index (κ2) is 9.41. The highest BCUT2D eigenvalue weighted by Crippen LogP contribution is 2.38. The van der Waals surface area contributed by atoms with Gasteiger partial charge in [0.2, 0.25) is 0 Å². The van der Waals surface area contributed by atoms with Gasteiger partial charge in [-0.1, -0.05) is 11.3 Å². The second-order valence-corrected chi connectivity index (χ2v) is 10.9. The average Bonchev–Trinajstić information content (AvgIpc) is 3.65. The highest BCUT2D eigenvalue weighted by Gasteiger charge is 2.40. The minimum atomic E-state index is -1.07. The van der Waals surface area contributed by atoms with E-state index >= 15 is 0 Å². The molecule has 0 aliphatic carbocycles. The topological polar surface area (TPSA) is 121 Å². The summed E-state index contributed by atoms with van der Waals surface area (Å²) in [4.78, 5) is 9.06. The zero-order valence-corrected chi connectivity index (χ0v) is 21.9. The van der Waals surface area contributed by atoms with Crippen molar-refractivity contribution in [3.05, 3.63) is 59.8 Å². The van der Waals surface area contributed by atoms with Gasteiger partial charge in [-0.05, 0) is 38.0 Å². The first kappa shape index (κ1) is 24.2. The van der Waals surface area contributed by atoms with Crippen LogP contribution in [0.25, 0.3) is 16.8 Å². The van der Waals surface area contributed by atoms with Gasteiger partial charge in [0.25, 0.3) is 0 Å². The third kappa shape index (κ3) is 4.07. The molecule has 7 heterocycles. The average molecular weight is 526 g/mol. The van der Waals surface area contributed by atoms with Crippen LogP contribution >= 0.6 is 0 Å². The third-order valence-corrected chi connectivity index (χ3v) is 8.62. The Morgan fingerprint density at radius 2 is 2.00 bits per heavy atom. The summed E-state index contributed by atoms with van der Waals surface area (Å²) in [5.41, 5.74) is 4.36. The summed E-state index contributed by atoms with van der Waals surface area (Å²) < 4.78 is 9.20. The quantitative estimate of drug-likeness (QED) is 0.418. The van der Waals surface area contributed by atoms with Gasteiger partial charge in [0, 0.05) is 44.0 Å². The normalized spacial score (nSPS) is 22.8. The highest BCUT2D eigenvalue weighted by atomic mass is 16.5. The van der Waals surface area contributed by atoms with E-state index in [1.165, 1.54) is 0 Å². The lowest BCUT2D eigenvalue weighted by molar-refractivity contribution is -0.0735. The molecule has 3 aliphatic rings. The number of hydrogen-bond acceptors (Lipinski definition) is 9. The molecular weight excluding hydrogens is 494 g/mol. The molecule has 11 nitrogen and oxygen atoms in total. The molecule has 1 atom stereocenters. The fourth-order valence-corrected chi connectivity index (χ4v) is 6.28. The smallest absolute Gasteiger partial charge is 0.125 e. The molecule has 0 aromatic carbocycles. The third-order valence-electron chi connectivity index (χ3n) is 8.62. The molecule has 0 spiro atoms. The Morgan fingerprint density at radius 3 is 2.72 bits per heavy atom. The van der Waals surface area contributed by atoms with E-state index in [9.17, 15) is 10.4 Å². The molecule has 0 unspecified atom stereocenters. The van der Waals surface area contributed by atoms with Crippen LogP contribution in [0.3, 0.4) is 0 Å². The van der Waals surface area contributed by atoms with Crippen LogP contribution < -0.4 is 4.90 Å². The Morgan fingerprint density at radius 1 is 1.15 bits per heavy atom. The van der Waals surface area contributed by atoms with Gasteiger partial charge in [-0.2, -0.15) is 10.4 Å². The number of nitrogens with zero attached hydrogens (tertiary/aromatic N) is 9. The predicted octanol–water partition coefficient (Wildman–Crippen LogP) is 2.30. The van der Waals surface area contributed by atoms with Gasteiger partial charge >= 0.3 is 0 Å². The van der Waals surface area contributed by atoms with Crippen molar-refractivity contribution in [3.8, 4) is 17.3 Å². The maximum atomic E-state index is 11.5. The lowest BCUT2D eigenvalue weighted by Gasteiger charge is -2.41. The van der Waals surface area contributed by atoms with Crippen LogP contribution in [0.2, 0.25) is 0 Å². The molecule has 0 amide bonds. The van der Waals surface area contributed by atoms with E-state index in [1.807, 2.05) is 24.4 Å². The van der Waals surface area contributed by atoms with E-state index < -0.39 is 5.60 Å². The summed E-state index contributed by atoms with van der Waals surface area (Å²) in [6.45, 7) is 6.85. The Bertz CT molecular complexity index is 1550. The molecule has 3 fully saturated rings. The summed E-state index contributed by atoms with van der Waals surface area (Å²) >= 11 is 0. The molecule has 0 radical (unpaired) electrons. The number of pyridine rings is 2. The standard InChI is InChI=1S/C28H31N9O2/c1-19-26(32-33-37(19)22-5-9-34(10-6-22)23-16-39-17-23)20-12-24(27-21(13-29)14-31-36(27)15-20)35-11-7-28(38,18-35)25-4-2-3-8-30-25/h2-4,8,12,14-15,22-23,38H,5-7,9-11,16-18H2,1H3/t28-/m0/s1. The number of β-amino-alcohol motifs (C(OH)–C–C–N with tert-alkyl or cyclic N) is 1. The number of likely N-dealkylation sites (tertiary alicyclic amines) is 1. The van der Waals surface area contributed by atoms with Gasteiger partial charge in [-0.15, -0.1) is 5.10 Å². The zero-order valence-electron chi connectivity index (χ0n) is 21.9. The van der Waals surface area contributed by atoms with Crippen molar-refractivity contribution >= 4 is 11.2 Å². The van der Waals surface area contributed by atoms with Crippen LogP contribution in [0.1, 0.15) is 42.3 Å². The van der Waals surface area contributed by atoms with Gasteiger partial charge in [0.1, 0.15) is 22.9 Å². The van der Waals surface area contributed by atoms with Crippen molar-refractivity contribution in [2.75, 3.05) is 44.3 Å². The van der Waals surface area contributed by atoms with Crippen LogP contribution in [0.5, 0.6) is 0 Å². The number of fused-ring (bicyclic) bond motifs is 1. The van der Waals surface area contributed by atoms with Crippen molar-refractivity contribution in [1.82, 2.24) is 34.5 Å². The monoisotopic (exact) mass is 525 g/mol. The summed E-state index contributed by atoms with van der Waals surface area (Å²) in [5, 5.41) is 35.0.